The Morgan fingerprint density at radius 3 is 1.15 bits per heavy atom. The smallest absolute Gasteiger partial charge is 0.0134 e. The minimum absolute atomic E-state index is 0.106. The van der Waals surface area contributed by atoms with Crippen LogP contribution in [-0.2, 0) is 45.5 Å². The molecule has 2 aliphatic rings. The first kappa shape index (κ1) is 85.2. The number of hydrogen-bond donors (Lipinski definition) is 2. The van der Waals surface area contributed by atoms with E-state index in [1.165, 1.54) is 90.1 Å². The zero-order chi connectivity index (χ0) is 79.5. The van der Waals surface area contributed by atoms with Crippen molar-refractivity contribution in [3.63, 3.8) is 0 Å². The van der Waals surface area contributed by atoms with Gasteiger partial charge in [0.2, 0.25) is 10.0 Å². The molecule has 0 amide bonds. The first-order chi connectivity index (χ1) is 55.0. The van der Waals surface area contributed by atoms with E-state index in [1.54, 1.807) is 91.6 Å². The van der Waals surface area contributed by atoms with Crippen molar-refractivity contribution in [2.75, 3.05) is 13.2 Å². The molecule has 2 N–H and O–H groups in total. The molecule has 0 spiro atoms. The standard InChI is InChI=1S/C25H23N3O4S2.C19H14BrN3O4S2.2C18H15P.C6H11BO2.2ClH.Pd/c1-2-32-25(29)24-27-22(16-33-24)21-15-28(34(30,31)19-11-7-4-8-12-19)23-20(21)13-18(14-26-23)17-9-5-3-6-10-17;1-2-27-19(24)18-22-16(11-28-18)15-10-23(17-14(15)8-12(20)9-21-17)29(25,26)13-6-4-3-5-7-13;2*1-4-10-16(11-5-1)19(17-12-6-2-7-13-17)18-14-8-3-9-15-18;8-7(9)6-4-2-1-3-5-6;;;/h4,7-9,11-16H,2-3,5-6,10H2,1H3;3-11H,2H2,1H3;2*1-15H;4,8-9H,1-3,5H2;2*1H;/q;;;;;;;+2/p-2. The molecule has 0 radical (unpaired) electrons. The first-order valence-electron chi connectivity index (χ1n) is 36.0. The summed E-state index contributed by atoms with van der Waals surface area (Å²) in [7, 11) is -0.214. The van der Waals surface area contributed by atoms with Gasteiger partial charge < -0.3 is 19.5 Å². The second kappa shape index (κ2) is 42.6. The molecular weight excluding hydrogens is 1740 g/mol. The van der Waals surface area contributed by atoms with E-state index in [2.05, 4.69) is 224 Å². The van der Waals surface area contributed by atoms with Crippen molar-refractivity contribution in [1.82, 2.24) is 27.9 Å². The van der Waals surface area contributed by atoms with E-state index in [-0.39, 0.29) is 54.6 Å². The quantitative estimate of drug-likeness (QED) is 0.0463. The Kier molecular flexibility index (Phi) is 32.1. The minimum Gasteiger partial charge on any atom is -0.0622 e. The Hall–Kier alpha value is -8.71. The number of rotatable bonds is 18. The molecule has 8 aromatic carbocycles. The molecule has 27 heteroatoms. The third-order valence-corrected chi connectivity index (χ3v) is 28.0. The maximum absolute atomic E-state index is 13.5. The number of hydrogen-bond acceptors (Lipinski definition) is 16. The number of carbonyl (C=O) groups is 2. The molecule has 0 bridgehead atoms. The van der Waals surface area contributed by atoms with Crippen LogP contribution in [0.3, 0.4) is 0 Å². The van der Waals surface area contributed by atoms with Gasteiger partial charge in [-0.1, -0.05) is 231 Å². The molecule has 2 aliphatic carbocycles. The van der Waals surface area contributed by atoms with E-state index in [0.717, 1.165) is 64.9 Å². The van der Waals surface area contributed by atoms with Gasteiger partial charge in [-0.15, -0.1) is 22.7 Å². The van der Waals surface area contributed by atoms with E-state index in [1.807, 2.05) is 12.1 Å². The molecule has 0 saturated heterocycles. The molecule has 113 heavy (non-hydrogen) atoms. The maximum atomic E-state index is 13.5. The fourth-order valence-electron chi connectivity index (χ4n) is 12.4. The molecule has 0 fully saturated rings. The number of aromatic nitrogens is 6. The molecule has 16 nitrogen and oxygen atoms in total. The molecular formula is C86H78BBrCl2N6O10P2PdS4. The molecule has 14 aromatic rings. The number of nitrogens with zero attached hydrogens (tertiary/aromatic N) is 6. The van der Waals surface area contributed by atoms with Crippen LogP contribution in [0.2, 0.25) is 0 Å². The Bertz CT molecular complexity index is 5410. The van der Waals surface area contributed by atoms with Gasteiger partial charge in [0.15, 0.2) is 11.3 Å². The summed E-state index contributed by atoms with van der Waals surface area (Å²) in [6.45, 7) is 3.96. The van der Waals surface area contributed by atoms with E-state index < -0.39 is 54.9 Å². The molecule has 6 aromatic heterocycles. The van der Waals surface area contributed by atoms with Gasteiger partial charge in [-0.3, -0.25) is 0 Å². The second-order valence-electron chi connectivity index (χ2n) is 25.1. The number of allylic oxidation sites excluding steroid dienone is 4. The molecule has 16 rings (SSSR count). The number of thiazole rings is 2. The molecule has 0 atom stereocenters. The summed E-state index contributed by atoms with van der Waals surface area (Å²) in [6.07, 6.45) is 18.9. The summed E-state index contributed by atoms with van der Waals surface area (Å²) in [5.74, 6) is -1.01. The fraction of sp³-hybridized carbons (Fsp3) is 0.140. The predicted octanol–water partition coefficient (Wildman–Crippen LogP) is 18.6. The normalized spacial score (nSPS) is 12.5. The Morgan fingerprint density at radius 1 is 0.496 bits per heavy atom. The van der Waals surface area contributed by atoms with Crippen molar-refractivity contribution in [3.8, 4) is 22.5 Å². The van der Waals surface area contributed by atoms with Gasteiger partial charge in [0.25, 0.3) is 20.0 Å². The zero-order valence-electron chi connectivity index (χ0n) is 61.3. The van der Waals surface area contributed by atoms with E-state index >= 15 is 0 Å². The van der Waals surface area contributed by atoms with Crippen molar-refractivity contribution >= 4 is 172 Å². The Balaban J connectivity index is 0.000000145. The van der Waals surface area contributed by atoms with E-state index in [0.29, 0.717) is 43.4 Å². The average Bonchev–Trinajstić information content (AvgIpc) is 1.60. The summed E-state index contributed by atoms with van der Waals surface area (Å²) < 4.78 is 66.5. The number of ether oxygens (including phenoxy) is 2. The molecule has 0 aliphatic heterocycles. The van der Waals surface area contributed by atoms with Gasteiger partial charge in [0, 0.05) is 61.9 Å². The number of halogens is 3. The van der Waals surface area contributed by atoms with Crippen LogP contribution in [0.1, 0.15) is 90.4 Å². The second-order valence-corrected chi connectivity index (χ2v) is 38.1. The number of benzene rings is 8. The van der Waals surface area contributed by atoms with Crippen molar-refractivity contribution < 1.29 is 61.9 Å². The first-order valence-corrected chi connectivity index (χ1v) is 48.2. The summed E-state index contributed by atoms with van der Waals surface area (Å²) in [6, 6.07) is 84.8. The van der Waals surface area contributed by atoms with Crippen LogP contribution < -0.4 is 31.8 Å². The number of carbonyl (C=O) groups excluding carboxylic acids is 2. The molecule has 6 heterocycles. The van der Waals surface area contributed by atoms with Crippen molar-refractivity contribution in [2.45, 2.75) is 75.0 Å². The number of pyridine rings is 2. The van der Waals surface area contributed by atoms with Crippen LogP contribution in [0, 0.1) is 0 Å². The van der Waals surface area contributed by atoms with Gasteiger partial charge >= 0.3 is 54.1 Å². The van der Waals surface area contributed by atoms with Gasteiger partial charge in [0.05, 0.1) is 34.4 Å². The monoisotopic (exact) mass is 1810 g/mol. The van der Waals surface area contributed by atoms with Crippen LogP contribution in [-0.4, -0.2) is 87.0 Å². The van der Waals surface area contributed by atoms with Crippen molar-refractivity contribution in [1.29, 1.82) is 0 Å². The van der Waals surface area contributed by atoms with Crippen LogP contribution >= 0.6 is 73.5 Å². The maximum Gasteiger partial charge on any atom is -0.0134 e. The summed E-state index contributed by atoms with van der Waals surface area (Å²) in [5.41, 5.74) is 5.73. The largest absolute Gasteiger partial charge is 0.0622 e. The van der Waals surface area contributed by atoms with Crippen LogP contribution in [0.15, 0.2) is 322 Å². The van der Waals surface area contributed by atoms with E-state index in [9.17, 15) is 26.4 Å². The van der Waals surface area contributed by atoms with Crippen molar-refractivity contribution in [3.05, 3.63) is 328 Å². The summed E-state index contributed by atoms with van der Waals surface area (Å²) in [5, 5.41) is 30.9. The summed E-state index contributed by atoms with van der Waals surface area (Å²) >= 11 is 5.59. The van der Waals surface area contributed by atoms with Gasteiger partial charge in [-0.2, -0.15) is 0 Å². The van der Waals surface area contributed by atoms with Crippen LogP contribution in [0.25, 0.3) is 50.2 Å². The SMILES string of the molecule is CCOC(=O)c1nc(-c2cn(S(=O)(=O)c3ccccc3)c3ncc(Br)cc23)cs1.CCOC(=O)c1nc(-c2cn(S(=O)(=O)c3ccccc3)c3ncc(C4=CCCCC4)cc23)cs1.OB(O)C1=CCCCC1.[Cl][Pd][Cl].c1ccc(P(c2ccccc2)c2ccccc2)cc1.c1ccc(P(c2ccccc2)c2ccccc2)cc1. The molecule has 0 saturated carbocycles. The van der Waals surface area contributed by atoms with Crippen molar-refractivity contribution in [2.24, 2.45) is 0 Å². The number of fused-ring (bicyclic) bond motifs is 2. The number of esters is 2. The molecule has 580 valence electrons. The van der Waals surface area contributed by atoms with Gasteiger partial charge in [-0.25, -0.2) is 54.3 Å². The van der Waals surface area contributed by atoms with Crippen LogP contribution in [0.4, 0.5) is 0 Å². The third kappa shape index (κ3) is 22.4. The fourth-order valence-corrected chi connectivity index (χ4v) is 21.5. The average molecular weight is 1810 g/mol. The van der Waals surface area contributed by atoms with Gasteiger partial charge in [0.1, 0.15) is 0 Å². The third-order valence-electron chi connectivity index (χ3n) is 17.7. The van der Waals surface area contributed by atoms with Gasteiger partial charge in [-0.05, 0) is 182 Å². The predicted molar refractivity (Wildman–Crippen MR) is 465 cm³/mol. The Labute approximate surface area is 694 Å². The zero-order valence-corrected chi connectivity index (χ0v) is 71.0. The minimum atomic E-state index is -3.89. The Morgan fingerprint density at radius 2 is 0.832 bits per heavy atom. The van der Waals surface area contributed by atoms with E-state index in [4.69, 9.17) is 38.6 Å². The summed E-state index contributed by atoms with van der Waals surface area (Å²) in [4.78, 5) is 42.1. The topological polar surface area (TPSA) is 223 Å². The van der Waals surface area contributed by atoms with Crippen LogP contribution in [0.5, 0.6) is 0 Å². The molecule has 0 unspecified atom stereocenters.